The number of aromatic amines is 1. The van der Waals surface area contributed by atoms with Crippen LogP contribution in [0, 0.1) is 0 Å². The summed E-state index contributed by atoms with van der Waals surface area (Å²) in [5.74, 6) is 0.763. The third-order valence-electron chi connectivity index (χ3n) is 4.93. The van der Waals surface area contributed by atoms with Gasteiger partial charge in [0.05, 0.1) is 24.2 Å². The second-order valence-corrected chi connectivity index (χ2v) is 6.54. The molecule has 128 valence electrons. The maximum Gasteiger partial charge on any atom is 0.222 e. The average molecular weight is 329 g/mol. The Bertz CT molecular complexity index is 678. The van der Waals surface area contributed by atoms with Crippen LogP contribution in [0.25, 0.3) is 11.0 Å². The highest BCUT2D eigenvalue weighted by atomic mass is 16.7. The van der Waals surface area contributed by atoms with Crippen molar-refractivity contribution in [2.75, 3.05) is 26.3 Å². The summed E-state index contributed by atoms with van der Waals surface area (Å²) in [6.07, 6.45) is 3.73. The second kappa shape index (κ2) is 6.53. The minimum Gasteiger partial charge on any atom is -0.347 e. The summed E-state index contributed by atoms with van der Waals surface area (Å²) in [4.78, 5) is 22.2. The lowest BCUT2D eigenvalue weighted by Crippen LogP contribution is -2.47. The van der Waals surface area contributed by atoms with Gasteiger partial charge in [-0.05, 0) is 18.6 Å². The summed E-state index contributed by atoms with van der Waals surface area (Å²) in [5.41, 5.74) is 2.04. The van der Waals surface area contributed by atoms with E-state index in [1.54, 1.807) is 0 Å². The van der Waals surface area contributed by atoms with Crippen LogP contribution >= 0.6 is 0 Å². The average Bonchev–Trinajstić information content (AvgIpc) is 3.22. The number of para-hydroxylation sites is 2. The third-order valence-corrected chi connectivity index (χ3v) is 4.93. The number of benzene rings is 1. The highest BCUT2D eigenvalue weighted by Gasteiger charge is 2.40. The Labute approximate surface area is 141 Å². The highest BCUT2D eigenvalue weighted by Crippen LogP contribution is 2.31. The van der Waals surface area contributed by atoms with E-state index in [1.165, 1.54) is 0 Å². The molecule has 24 heavy (non-hydrogen) atoms. The number of nitrogens with one attached hydrogen (secondary N) is 1. The van der Waals surface area contributed by atoms with Crippen molar-refractivity contribution >= 4 is 16.9 Å². The summed E-state index contributed by atoms with van der Waals surface area (Å²) >= 11 is 0. The Morgan fingerprint density at radius 2 is 1.96 bits per heavy atom. The van der Waals surface area contributed by atoms with E-state index in [0.29, 0.717) is 19.6 Å². The van der Waals surface area contributed by atoms with Gasteiger partial charge in [-0.1, -0.05) is 12.1 Å². The minimum absolute atomic E-state index is 0.221. The molecule has 0 bridgehead atoms. The monoisotopic (exact) mass is 329 g/mol. The third kappa shape index (κ3) is 3.16. The Morgan fingerprint density at radius 3 is 2.71 bits per heavy atom. The van der Waals surface area contributed by atoms with Crippen molar-refractivity contribution in [2.45, 2.75) is 37.9 Å². The van der Waals surface area contributed by atoms with E-state index in [0.717, 1.165) is 55.6 Å². The number of amides is 1. The zero-order chi connectivity index (χ0) is 16.4. The molecule has 2 aromatic rings. The number of fused-ring (bicyclic) bond motifs is 1. The number of hydrogen-bond donors (Lipinski definition) is 1. The maximum atomic E-state index is 12.4. The zero-order valence-corrected chi connectivity index (χ0v) is 13.8. The molecule has 0 saturated carbocycles. The fourth-order valence-corrected chi connectivity index (χ4v) is 3.57. The predicted octanol–water partition coefficient (Wildman–Crippen LogP) is 2.25. The van der Waals surface area contributed by atoms with Crippen LogP contribution in [0.5, 0.6) is 0 Å². The van der Waals surface area contributed by atoms with Crippen molar-refractivity contribution in [3.05, 3.63) is 30.1 Å². The summed E-state index contributed by atoms with van der Waals surface area (Å²) in [5, 5.41) is 0. The second-order valence-electron chi connectivity index (χ2n) is 6.54. The van der Waals surface area contributed by atoms with Crippen LogP contribution in [-0.4, -0.2) is 52.9 Å². The molecular weight excluding hydrogens is 306 g/mol. The topological polar surface area (TPSA) is 67.5 Å². The summed E-state index contributed by atoms with van der Waals surface area (Å²) in [6.45, 7) is 2.80. The van der Waals surface area contributed by atoms with Gasteiger partial charge in [0.1, 0.15) is 5.82 Å². The molecule has 6 heteroatoms. The van der Waals surface area contributed by atoms with Gasteiger partial charge in [-0.3, -0.25) is 4.79 Å². The molecule has 2 saturated heterocycles. The Hall–Kier alpha value is -1.92. The molecule has 6 nitrogen and oxygen atoms in total. The number of carbonyl (C=O) groups excluding carboxylic acids is 1. The smallest absolute Gasteiger partial charge is 0.222 e. The molecule has 1 spiro atoms. The normalized spacial score (nSPS) is 20.1. The number of aromatic nitrogens is 2. The van der Waals surface area contributed by atoms with Crippen LogP contribution in [0.1, 0.15) is 31.5 Å². The molecule has 0 radical (unpaired) electrons. The number of aryl methyl sites for hydroxylation is 1. The quantitative estimate of drug-likeness (QED) is 0.934. The van der Waals surface area contributed by atoms with Crippen molar-refractivity contribution in [3.63, 3.8) is 0 Å². The van der Waals surface area contributed by atoms with Crippen LogP contribution < -0.4 is 0 Å². The number of rotatable bonds is 4. The molecule has 0 unspecified atom stereocenters. The zero-order valence-electron chi connectivity index (χ0n) is 13.8. The lowest BCUT2D eigenvalue weighted by Gasteiger charge is -2.37. The van der Waals surface area contributed by atoms with Crippen LogP contribution in [0.15, 0.2) is 24.3 Å². The number of ether oxygens (including phenoxy) is 2. The molecule has 2 aliphatic heterocycles. The number of piperidine rings is 1. The number of H-pyrrole nitrogens is 1. The first kappa shape index (κ1) is 15.6. The molecule has 1 amide bonds. The van der Waals surface area contributed by atoms with E-state index in [9.17, 15) is 4.79 Å². The van der Waals surface area contributed by atoms with Gasteiger partial charge in [-0.15, -0.1) is 0 Å². The fraction of sp³-hybridized carbons (Fsp3) is 0.556. The highest BCUT2D eigenvalue weighted by molar-refractivity contribution is 5.76. The van der Waals surface area contributed by atoms with E-state index >= 15 is 0 Å². The lowest BCUT2D eigenvalue weighted by molar-refractivity contribution is -0.187. The Balaban J connectivity index is 1.25. The van der Waals surface area contributed by atoms with Crippen molar-refractivity contribution in [3.8, 4) is 0 Å². The molecule has 1 N–H and O–H groups in total. The van der Waals surface area contributed by atoms with Crippen molar-refractivity contribution in [1.82, 2.24) is 14.9 Å². The lowest BCUT2D eigenvalue weighted by atomic mass is 10.0. The van der Waals surface area contributed by atoms with E-state index in [4.69, 9.17) is 9.47 Å². The van der Waals surface area contributed by atoms with Crippen LogP contribution in [-0.2, 0) is 20.7 Å². The van der Waals surface area contributed by atoms with Gasteiger partial charge in [0.2, 0.25) is 5.91 Å². The number of carbonyl (C=O) groups is 1. The first-order valence-electron chi connectivity index (χ1n) is 8.73. The summed E-state index contributed by atoms with van der Waals surface area (Å²) in [6, 6.07) is 8.00. The fourth-order valence-electron chi connectivity index (χ4n) is 3.57. The van der Waals surface area contributed by atoms with Gasteiger partial charge >= 0.3 is 0 Å². The van der Waals surface area contributed by atoms with Crippen molar-refractivity contribution in [1.29, 1.82) is 0 Å². The van der Waals surface area contributed by atoms with Gasteiger partial charge in [-0.25, -0.2) is 4.98 Å². The van der Waals surface area contributed by atoms with Crippen molar-refractivity contribution in [2.24, 2.45) is 0 Å². The van der Waals surface area contributed by atoms with E-state index in [2.05, 4.69) is 9.97 Å². The number of nitrogens with zero attached hydrogens (tertiary/aromatic N) is 2. The van der Waals surface area contributed by atoms with E-state index < -0.39 is 5.79 Å². The van der Waals surface area contributed by atoms with Gasteiger partial charge in [0, 0.05) is 38.8 Å². The molecule has 0 aliphatic carbocycles. The first-order valence-corrected chi connectivity index (χ1v) is 8.73. The molecule has 0 atom stereocenters. The van der Waals surface area contributed by atoms with Gasteiger partial charge in [0.15, 0.2) is 5.79 Å². The predicted molar refractivity (Wildman–Crippen MR) is 89.5 cm³/mol. The van der Waals surface area contributed by atoms with Gasteiger partial charge < -0.3 is 19.4 Å². The summed E-state index contributed by atoms with van der Waals surface area (Å²) < 4.78 is 11.4. The van der Waals surface area contributed by atoms with E-state index in [-0.39, 0.29) is 5.91 Å². The molecule has 2 fully saturated rings. The molecule has 1 aromatic carbocycles. The summed E-state index contributed by atoms with van der Waals surface area (Å²) in [7, 11) is 0. The van der Waals surface area contributed by atoms with Crippen LogP contribution in [0.4, 0.5) is 0 Å². The van der Waals surface area contributed by atoms with Crippen LogP contribution in [0.2, 0.25) is 0 Å². The largest absolute Gasteiger partial charge is 0.347 e. The Kier molecular flexibility index (Phi) is 4.24. The van der Waals surface area contributed by atoms with Gasteiger partial charge in [-0.2, -0.15) is 0 Å². The number of likely N-dealkylation sites (tertiary alicyclic amines) is 1. The minimum atomic E-state index is -0.412. The molecule has 2 aliphatic rings. The SMILES string of the molecule is O=C(CCCc1nc2ccccc2[nH]1)N1CCC2(CC1)OCCO2. The molecule has 3 heterocycles. The molecule has 1 aromatic heterocycles. The maximum absolute atomic E-state index is 12.4. The van der Waals surface area contributed by atoms with Gasteiger partial charge in [0.25, 0.3) is 0 Å². The molecule has 4 rings (SSSR count). The Morgan fingerprint density at radius 1 is 1.21 bits per heavy atom. The van der Waals surface area contributed by atoms with Crippen molar-refractivity contribution < 1.29 is 14.3 Å². The van der Waals surface area contributed by atoms with E-state index in [1.807, 2.05) is 29.2 Å². The number of hydrogen-bond acceptors (Lipinski definition) is 4. The molecular formula is C18H23N3O3. The number of imidazole rings is 1. The van der Waals surface area contributed by atoms with Crippen LogP contribution in [0.3, 0.4) is 0 Å². The first-order chi connectivity index (χ1) is 11.7. The standard InChI is InChI=1S/C18H23N3O3/c22-17(21-10-8-18(9-11-21)23-12-13-24-18)7-3-6-16-19-14-4-1-2-5-15(14)20-16/h1-2,4-5H,3,6-13H2,(H,19,20).